The fourth-order valence-electron chi connectivity index (χ4n) is 4.84. The lowest BCUT2D eigenvalue weighted by molar-refractivity contribution is 0.0837. The molecule has 0 saturated carbocycles. The van der Waals surface area contributed by atoms with Crippen LogP contribution >= 0.6 is 0 Å². The molecule has 2 heterocycles. The SMILES string of the molecule is CCC1(CC)COC(CCCN2CCN(c3ccccc3C(C)C)CC2)C1. The van der Waals surface area contributed by atoms with Crippen LogP contribution in [-0.4, -0.2) is 50.3 Å². The summed E-state index contributed by atoms with van der Waals surface area (Å²) in [6.45, 7) is 16.1. The van der Waals surface area contributed by atoms with Gasteiger partial charge in [0.05, 0.1) is 12.7 Å². The van der Waals surface area contributed by atoms with Crippen LogP contribution in [0.2, 0.25) is 0 Å². The van der Waals surface area contributed by atoms with Crippen molar-refractivity contribution in [3.63, 3.8) is 0 Å². The van der Waals surface area contributed by atoms with Crippen LogP contribution in [0.5, 0.6) is 0 Å². The highest BCUT2D eigenvalue weighted by Crippen LogP contribution is 2.40. The Hall–Kier alpha value is -1.06. The van der Waals surface area contributed by atoms with Crippen molar-refractivity contribution in [3.8, 4) is 0 Å². The van der Waals surface area contributed by atoms with Crippen LogP contribution in [0.25, 0.3) is 0 Å². The molecular weight excluding hydrogens is 332 g/mol. The van der Waals surface area contributed by atoms with Crippen molar-refractivity contribution in [3.05, 3.63) is 29.8 Å². The number of piperazine rings is 1. The molecular formula is C24H40N2O. The minimum atomic E-state index is 0.472. The van der Waals surface area contributed by atoms with E-state index in [1.54, 1.807) is 0 Å². The number of hydrogen-bond acceptors (Lipinski definition) is 3. The van der Waals surface area contributed by atoms with Crippen LogP contribution < -0.4 is 4.90 Å². The molecule has 152 valence electrons. The summed E-state index contributed by atoms with van der Waals surface area (Å²) < 4.78 is 6.12. The molecule has 27 heavy (non-hydrogen) atoms. The molecule has 2 saturated heterocycles. The molecule has 2 aliphatic heterocycles. The third-order valence-corrected chi connectivity index (χ3v) is 7.06. The summed E-state index contributed by atoms with van der Waals surface area (Å²) in [5.41, 5.74) is 3.40. The first-order chi connectivity index (χ1) is 13.1. The molecule has 3 nitrogen and oxygen atoms in total. The zero-order valence-electron chi connectivity index (χ0n) is 18.0. The minimum absolute atomic E-state index is 0.472. The second-order valence-electron chi connectivity index (χ2n) is 9.03. The van der Waals surface area contributed by atoms with E-state index in [1.165, 1.54) is 63.0 Å². The number of nitrogens with zero attached hydrogens (tertiary/aromatic N) is 2. The molecule has 0 N–H and O–H groups in total. The van der Waals surface area contributed by atoms with Crippen molar-refractivity contribution in [1.29, 1.82) is 0 Å². The standard InChI is InChI=1S/C24H40N2O/c1-5-24(6-2)18-21(27-19-24)10-9-13-25-14-16-26(17-15-25)23-12-8-7-11-22(23)20(3)4/h7-8,11-12,20-21H,5-6,9-10,13-19H2,1-4H3. The molecule has 2 fully saturated rings. The van der Waals surface area contributed by atoms with E-state index in [-0.39, 0.29) is 0 Å². The predicted molar refractivity (Wildman–Crippen MR) is 116 cm³/mol. The molecule has 1 unspecified atom stereocenters. The van der Waals surface area contributed by atoms with Crippen LogP contribution in [0, 0.1) is 5.41 Å². The van der Waals surface area contributed by atoms with Crippen molar-refractivity contribution in [2.45, 2.75) is 71.8 Å². The maximum absolute atomic E-state index is 6.12. The Morgan fingerprint density at radius 3 is 2.41 bits per heavy atom. The Balaban J connectivity index is 1.41. The maximum atomic E-state index is 6.12. The number of anilines is 1. The Kier molecular flexibility index (Phi) is 7.22. The summed E-state index contributed by atoms with van der Waals surface area (Å²) in [5.74, 6) is 0.587. The van der Waals surface area contributed by atoms with Crippen LogP contribution in [0.1, 0.15) is 71.3 Å². The van der Waals surface area contributed by atoms with Gasteiger partial charge in [-0.3, -0.25) is 4.90 Å². The quantitative estimate of drug-likeness (QED) is 0.615. The van der Waals surface area contributed by atoms with Gasteiger partial charge in [-0.2, -0.15) is 0 Å². The van der Waals surface area contributed by atoms with Crippen molar-refractivity contribution in [2.24, 2.45) is 5.41 Å². The first kappa shape index (κ1) is 20.7. The molecule has 3 heteroatoms. The summed E-state index contributed by atoms with van der Waals surface area (Å²) in [7, 11) is 0. The van der Waals surface area contributed by atoms with Crippen molar-refractivity contribution >= 4 is 5.69 Å². The maximum Gasteiger partial charge on any atom is 0.0582 e. The second-order valence-corrected chi connectivity index (χ2v) is 9.03. The Morgan fingerprint density at radius 2 is 1.78 bits per heavy atom. The van der Waals surface area contributed by atoms with Gasteiger partial charge < -0.3 is 9.64 Å². The van der Waals surface area contributed by atoms with Gasteiger partial charge in [-0.05, 0) is 61.6 Å². The van der Waals surface area contributed by atoms with E-state index >= 15 is 0 Å². The van der Waals surface area contributed by atoms with Gasteiger partial charge in [0.2, 0.25) is 0 Å². The highest BCUT2D eigenvalue weighted by atomic mass is 16.5. The number of ether oxygens (including phenoxy) is 1. The van der Waals surface area contributed by atoms with Crippen molar-refractivity contribution in [1.82, 2.24) is 4.90 Å². The third kappa shape index (κ3) is 5.06. The van der Waals surface area contributed by atoms with E-state index < -0.39 is 0 Å². The highest BCUT2D eigenvalue weighted by molar-refractivity contribution is 5.55. The second kappa shape index (κ2) is 9.43. The predicted octanol–water partition coefficient (Wildman–Crippen LogP) is 5.31. The molecule has 0 aliphatic carbocycles. The zero-order chi connectivity index (χ0) is 19.3. The Bertz CT molecular complexity index is 573. The summed E-state index contributed by atoms with van der Waals surface area (Å²) in [6.07, 6.45) is 6.82. The highest BCUT2D eigenvalue weighted by Gasteiger charge is 2.36. The zero-order valence-corrected chi connectivity index (χ0v) is 18.0. The lowest BCUT2D eigenvalue weighted by Crippen LogP contribution is -2.47. The summed E-state index contributed by atoms with van der Waals surface area (Å²) in [6, 6.07) is 8.95. The minimum Gasteiger partial charge on any atom is -0.378 e. The number of hydrogen-bond donors (Lipinski definition) is 0. The first-order valence-corrected chi connectivity index (χ1v) is 11.2. The van der Waals surface area contributed by atoms with Gasteiger partial charge in [0.25, 0.3) is 0 Å². The first-order valence-electron chi connectivity index (χ1n) is 11.2. The molecule has 2 aliphatic rings. The van der Waals surface area contributed by atoms with E-state index in [9.17, 15) is 0 Å². The molecule has 1 atom stereocenters. The van der Waals surface area contributed by atoms with E-state index in [0.29, 0.717) is 17.4 Å². The van der Waals surface area contributed by atoms with Crippen LogP contribution in [0.15, 0.2) is 24.3 Å². The van der Waals surface area contributed by atoms with Gasteiger partial charge in [-0.15, -0.1) is 0 Å². The largest absolute Gasteiger partial charge is 0.378 e. The number of benzene rings is 1. The Labute approximate surface area is 167 Å². The summed E-state index contributed by atoms with van der Waals surface area (Å²) >= 11 is 0. The number of rotatable bonds is 8. The smallest absolute Gasteiger partial charge is 0.0582 e. The average Bonchev–Trinajstić information content (AvgIpc) is 3.12. The normalized spacial score (nSPS) is 23.3. The van der Waals surface area contributed by atoms with E-state index in [1.807, 2.05) is 0 Å². The molecule has 0 amide bonds. The van der Waals surface area contributed by atoms with E-state index in [0.717, 1.165) is 19.7 Å². The van der Waals surface area contributed by atoms with Crippen molar-refractivity contribution < 1.29 is 4.74 Å². The van der Waals surface area contributed by atoms with Gasteiger partial charge in [0.15, 0.2) is 0 Å². The van der Waals surface area contributed by atoms with Gasteiger partial charge in [-0.25, -0.2) is 0 Å². The van der Waals surface area contributed by atoms with Crippen LogP contribution in [0.4, 0.5) is 5.69 Å². The molecule has 0 bridgehead atoms. The monoisotopic (exact) mass is 372 g/mol. The number of para-hydroxylation sites is 1. The summed E-state index contributed by atoms with van der Waals surface area (Å²) in [4.78, 5) is 5.24. The van der Waals surface area contributed by atoms with E-state index in [4.69, 9.17) is 4.74 Å². The fourth-order valence-corrected chi connectivity index (χ4v) is 4.84. The molecule has 0 aromatic heterocycles. The van der Waals surface area contributed by atoms with Crippen molar-refractivity contribution in [2.75, 3.05) is 44.2 Å². The molecule has 3 rings (SSSR count). The van der Waals surface area contributed by atoms with Gasteiger partial charge >= 0.3 is 0 Å². The van der Waals surface area contributed by atoms with E-state index in [2.05, 4.69) is 61.8 Å². The van der Waals surface area contributed by atoms with Crippen LogP contribution in [-0.2, 0) is 4.74 Å². The lowest BCUT2D eigenvalue weighted by Gasteiger charge is -2.37. The Morgan fingerprint density at radius 1 is 1.07 bits per heavy atom. The summed E-state index contributed by atoms with van der Waals surface area (Å²) in [5, 5.41) is 0. The topological polar surface area (TPSA) is 15.7 Å². The molecule has 1 aromatic carbocycles. The molecule has 1 aromatic rings. The van der Waals surface area contributed by atoms with Gasteiger partial charge in [0, 0.05) is 31.9 Å². The molecule has 0 spiro atoms. The van der Waals surface area contributed by atoms with Gasteiger partial charge in [-0.1, -0.05) is 45.9 Å². The van der Waals surface area contributed by atoms with Crippen LogP contribution in [0.3, 0.4) is 0 Å². The molecule has 0 radical (unpaired) electrons. The lowest BCUT2D eigenvalue weighted by atomic mass is 9.80. The average molecular weight is 373 g/mol. The third-order valence-electron chi connectivity index (χ3n) is 7.06. The fraction of sp³-hybridized carbons (Fsp3) is 0.750. The van der Waals surface area contributed by atoms with Gasteiger partial charge in [0.1, 0.15) is 0 Å².